The third kappa shape index (κ3) is 2.82. The third-order valence-electron chi connectivity index (χ3n) is 4.72. The number of anilines is 1. The molecule has 1 aromatic carbocycles. The second-order valence-electron chi connectivity index (χ2n) is 6.74. The number of hydrogen-bond acceptors (Lipinski definition) is 6. The first kappa shape index (κ1) is 16.2. The molecule has 1 fully saturated rings. The van der Waals surface area contributed by atoms with E-state index < -0.39 is 0 Å². The van der Waals surface area contributed by atoms with E-state index in [1.165, 1.54) is 11.3 Å². The van der Waals surface area contributed by atoms with E-state index in [2.05, 4.69) is 20.6 Å². The molecule has 7 nitrogen and oxygen atoms in total. The molecule has 0 aliphatic heterocycles. The number of hydrogen-bond donors (Lipinski definition) is 1. The summed E-state index contributed by atoms with van der Waals surface area (Å²) >= 11 is 1.52. The Balaban J connectivity index is 1.43. The number of para-hydroxylation sites is 1. The van der Waals surface area contributed by atoms with E-state index in [9.17, 15) is 4.79 Å². The van der Waals surface area contributed by atoms with E-state index in [1.807, 2.05) is 44.3 Å². The van der Waals surface area contributed by atoms with Crippen LogP contribution < -0.4 is 5.32 Å². The molecule has 0 unspecified atom stereocenters. The maximum Gasteiger partial charge on any atom is 0.276 e. The monoisotopic (exact) mass is 379 g/mol. The highest BCUT2D eigenvalue weighted by Gasteiger charge is 2.30. The zero-order valence-corrected chi connectivity index (χ0v) is 15.7. The van der Waals surface area contributed by atoms with Gasteiger partial charge in [-0.05, 0) is 31.9 Å². The van der Waals surface area contributed by atoms with Gasteiger partial charge in [-0.1, -0.05) is 18.2 Å². The normalized spacial score (nSPS) is 14.0. The predicted molar refractivity (Wildman–Crippen MR) is 103 cm³/mol. The van der Waals surface area contributed by atoms with Crippen molar-refractivity contribution in [1.82, 2.24) is 20.0 Å². The molecule has 1 N–H and O–H groups in total. The predicted octanol–water partition coefficient (Wildman–Crippen LogP) is 4.12. The molecule has 136 valence electrons. The Morgan fingerprint density at radius 1 is 1.30 bits per heavy atom. The van der Waals surface area contributed by atoms with Crippen LogP contribution in [0.4, 0.5) is 5.69 Å². The number of thiophene rings is 1. The molecule has 1 aliphatic carbocycles. The minimum absolute atomic E-state index is 0.233. The fourth-order valence-corrected chi connectivity index (χ4v) is 4.00. The molecule has 4 aromatic rings. The third-order valence-corrected chi connectivity index (χ3v) is 5.76. The molecule has 1 aliphatic rings. The number of fused-ring (bicyclic) bond motifs is 1. The zero-order chi connectivity index (χ0) is 18.5. The zero-order valence-electron chi connectivity index (χ0n) is 14.9. The Morgan fingerprint density at radius 3 is 2.93 bits per heavy atom. The molecular formula is C19H17N5O2S. The van der Waals surface area contributed by atoms with E-state index in [0.717, 1.165) is 39.2 Å². The Kier molecular flexibility index (Phi) is 3.61. The van der Waals surface area contributed by atoms with Crippen molar-refractivity contribution in [2.24, 2.45) is 7.05 Å². The van der Waals surface area contributed by atoms with Crippen LogP contribution in [0.25, 0.3) is 21.7 Å². The van der Waals surface area contributed by atoms with E-state index in [0.29, 0.717) is 23.4 Å². The van der Waals surface area contributed by atoms with Gasteiger partial charge in [-0.25, -0.2) is 0 Å². The number of carbonyl (C=O) groups is 1. The molecule has 27 heavy (non-hydrogen) atoms. The van der Waals surface area contributed by atoms with Crippen LogP contribution >= 0.6 is 11.3 Å². The smallest absolute Gasteiger partial charge is 0.276 e. The summed E-state index contributed by atoms with van der Waals surface area (Å²) in [5.74, 6) is 1.41. The average Bonchev–Trinajstić information content (AvgIpc) is 3.14. The van der Waals surface area contributed by atoms with Gasteiger partial charge in [0, 0.05) is 23.2 Å². The van der Waals surface area contributed by atoms with Crippen molar-refractivity contribution in [1.29, 1.82) is 0 Å². The van der Waals surface area contributed by atoms with Crippen LogP contribution in [0.1, 0.15) is 40.0 Å². The molecule has 0 radical (unpaired) electrons. The molecule has 0 saturated heterocycles. The number of nitrogens with one attached hydrogen (secondary N) is 1. The van der Waals surface area contributed by atoms with Crippen LogP contribution in [0.2, 0.25) is 0 Å². The topological polar surface area (TPSA) is 85.8 Å². The Hall–Kier alpha value is -3.00. The maximum atomic E-state index is 12.8. The highest BCUT2D eigenvalue weighted by molar-refractivity contribution is 7.15. The molecule has 0 spiro atoms. The summed E-state index contributed by atoms with van der Waals surface area (Å²) in [6.45, 7) is 1.96. The first-order valence-electron chi connectivity index (χ1n) is 8.77. The minimum atomic E-state index is -0.233. The van der Waals surface area contributed by atoms with Crippen LogP contribution in [-0.2, 0) is 7.05 Å². The Bertz CT molecular complexity index is 1170. The van der Waals surface area contributed by atoms with Crippen molar-refractivity contribution < 1.29 is 9.21 Å². The van der Waals surface area contributed by atoms with E-state index >= 15 is 0 Å². The van der Waals surface area contributed by atoms with Crippen molar-refractivity contribution in [3.05, 3.63) is 46.8 Å². The number of aryl methyl sites for hydroxylation is 2. The van der Waals surface area contributed by atoms with Gasteiger partial charge in [0.1, 0.15) is 0 Å². The summed E-state index contributed by atoms with van der Waals surface area (Å²) in [6.07, 6.45) is 2.23. The van der Waals surface area contributed by atoms with Gasteiger partial charge in [-0.3, -0.25) is 9.48 Å². The summed E-state index contributed by atoms with van der Waals surface area (Å²) in [4.78, 5) is 14.6. The van der Waals surface area contributed by atoms with Crippen molar-refractivity contribution in [3.63, 3.8) is 0 Å². The van der Waals surface area contributed by atoms with Gasteiger partial charge in [0.25, 0.3) is 11.8 Å². The van der Waals surface area contributed by atoms with Gasteiger partial charge in [0.15, 0.2) is 5.69 Å². The fraction of sp³-hybridized carbons (Fsp3) is 0.263. The SMILES string of the molecule is Cc1sc(-c2nnc(C3CC3)o2)cc1NC(=O)c1nn(C)c2ccccc12. The van der Waals surface area contributed by atoms with E-state index in [-0.39, 0.29) is 5.91 Å². The van der Waals surface area contributed by atoms with Crippen LogP contribution in [0.5, 0.6) is 0 Å². The Morgan fingerprint density at radius 2 is 2.11 bits per heavy atom. The van der Waals surface area contributed by atoms with E-state index in [4.69, 9.17) is 4.42 Å². The van der Waals surface area contributed by atoms with Crippen LogP contribution in [0, 0.1) is 6.92 Å². The van der Waals surface area contributed by atoms with Gasteiger partial charge < -0.3 is 9.73 Å². The lowest BCUT2D eigenvalue weighted by atomic mass is 10.2. The van der Waals surface area contributed by atoms with Gasteiger partial charge in [-0.2, -0.15) is 5.10 Å². The summed E-state index contributed by atoms with van der Waals surface area (Å²) in [6, 6.07) is 9.57. The number of carbonyl (C=O) groups excluding carboxylic acids is 1. The lowest BCUT2D eigenvalue weighted by Crippen LogP contribution is -2.13. The number of benzene rings is 1. The first-order chi connectivity index (χ1) is 13.1. The molecular weight excluding hydrogens is 362 g/mol. The molecule has 0 atom stereocenters. The summed E-state index contributed by atoms with van der Waals surface area (Å²) in [5, 5.41) is 16.5. The van der Waals surface area contributed by atoms with Crippen LogP contribution in [0.15, 0.2) is 34.7 Å². The molecule has 1 amide bonds. The van der Waals surface area contributed by atoms with E-state index in [1.54, 1.807) is 4.68 Å². The number of nitrogens with zero attached hydrogens (tertiary/aromatic N) is 4. The standard InChI is InChI=1S/C19H17N5O2S/c1-10-13(9-15(27-10)19-22-21-18(26-19)11-7-8-11)20-17(25)16-12-5-3-4-6-14(12)24(2)23-16/h3-6,9,11H,7-8H2,1-2H3,(H,20,25). The molecule has 8 heteroatoms. The summed E-state index contributed by atoms with van der Waals surface area (Å²) in [7, 11) is 1.83. The van der Waals surface area contributed by atoms with Gasteiger partial charge in [0.2, 0.25) is 5.89 Å². The van der Waals surface area contributed by atoms with Gasteiger partial charge >= 0.3 is 0 Å². The van der Waals surface area contributed by atoms with Crippen LogP contribution in [-0.4, -0.2) is 25.9 Å². The van der Waals surface area contributed by atoms with Gasteiger partial charge in [-0.15, -0.1) is 21.5 Å². The lowest BCUT2D eigenvalue weighted by Gasteiger charge is -2.02. The summed E-state index contributed by atoms with van der Waals surface area (Å²) in [5.41, 5.74) is 2.07. The van der Waals surface area contributed by atoms with Crippen LogP contribution in [0.3, 0.4) is 0 Å². The first-order valence-corrected chi connectivity index (χ1v) is 9.59. The summed E-state index contributed by atoms with van der Waals surface area (Å²) < 4.78 is 7.49. The van der Waals surface area contributed by atoms with Gasteiger partial charge in [0.05, 0.1) is 16.1 Å². The molecule has 1 saturated carbocycles. The lowest BCUT2D eigenvalue weighted by molar-refractivity contribution is 0.102. The quantitative estimate of drug-likeness (QED) is 0.576. The largest absolute Gasteiger partial charge is 0.420 e. The van der Waals surface area contributed by atoms with Crippen molar-refractivity contribution in [3.8, 4) is 10.8 Å². The minimum Gasteiger partial charge on any atom is -0.420 e. The van der Waals surface area contributed by atoms with Crippen molar-refractivity contribution in [2.45, 2.75) is 25.7 Å². The maximum absolute atomic E-state index is 12.8. The molecule has 3 aromatic heterocycles. The number of aromatic nitrogens is 4. The number of amides is 1. The van der Waals surface area contributed by atoms with Crippen molar-refractivity contribution >= 4 is 33.8 Å². The van der Waals surface area contributed by atoms with Crippen molar-refractivity contribution in [2.75, 3.05) is 5.32 Å². The highest BCUT2D eigenvalue weighted by Crippen LogP contribution is 2.41. The highest BCUT2D eigenvalue weighted by atomic mass is 32.1. The average molecular weight is 379 g/mol. The second kappa shape index (κ2) is 6.02. The molecule has 3 heterocycles. The fourth-order valence-electron chi connectivity index (χ4n) is 3.10. The Labute approximate surface area is 159 Å². The second-order valence-corrected chi connectivity index (χ2v) is 8.00. The molecule has 5 rings (SSSR count). The number of rotatable bonds is 4. The molecule has 0 bridgehead atoms.